The minimum atomic E-state index is 0.285. The highest BCUT2D eigenvalue weighted by Gasteiger charge is 2.23. The molecule has 0 radical (unpaired) electrons. The number of hydrogen-bond donors (Lipinski definition) is 2. The monoisotopic (exact) mass is 354 g/mol. The number of nitrogens with two attached hydrogens (primary N) is 1. The van der Waals surface area contributed by atoms with Crippen LogP contribution in [0.1, 0.15) is 65.0 Å². The summed E-state index contributed by atoms with van der Waals surface area (Å²) in [6.07, 6.45) is 1.22. The van der Waals surface area contributed by atoms with Gasteiger partial charge >= 0.3 is 0 Å². The second-order valence-electron chi connectivity index (χ2n) is 8.76. The van der Waals surface area contributed by atoms with Crippen molar-refractivity contribution in [2.24, 2.45) is 11.1 Å². The molecule has 2 rings (SSSR count). The van der Waals surface area contributed by atoms with E-state index < -0.39 is 0 Å². The molecule has 0 saturated heterocycles. The molecule has 0 saturated carbocycles. The second kappa shape index (κ2) is 10.5. The zero-order valence-corrected chi connectivity index (χ0v) is 17.5. The third kappa shape index (κ3) is 8.64. The van der Waals surface area contributed by atoms with Crippen LogP contribution >= 0.6 is 0 Å². The highest BCUT2D eigenvalue weighted by molar-refractivity contribution is 5.32. The summed E-state index contributed by atoms with van der Waals surface area (Å²) in [5.41, 5.74) is 9.11. The van der Waals surface area contributed by atoms with Crippen LogP contribution in [0.5, 0.6) is 0 Å². The van der Waals surface area contributed by atoms with E-state index in [0.717, 1.165) is 6.54 Å². The zero-order valence-electron chi connectivity index (χ0n) is 17.5. The molecule has 0 heterocycles. The van der Waals surface area contributed by atoms with Crippen LogP contribution in [0.4, 0.5) is 0 Å². The van der Waals surface area contributed by atoms with Gasteiger partial charge in [0.05, 0.1) is 0 Å². The molecular formula is C24H38N2. The van der Waals surface area contributed by atoms with E-state index in [9.17, 15) is 0 Å². The smallest absolute Gasteiger partial charge is 0.0212 e. The molecule has 0 aliphatic rings. The molecule has 0 amide bonds. The molecule has 2 aromatic carbocycles. The van der Waals surface area contributed by atoms with Crippen molar-refractivity contribution in [1.29, 1.82) is 0 Å². The van der Waals surface area contributed by atoms with Crippen molar-refractivity contribution in [2.75, 3.05) is 13.1 Å². The third-order valence-electron chi connectivity index (χ3n) is 4.27. The summed E-state index contributed by atoms with van der Waals surface area (Å²) in [5.74, 6) is 0.312. The number of nitrogens with one attached hydrogen (secondary N) is 1. The molecule has 0 aliphatic carbocycles. The van der Waals surface area contributed by atoms with Crippen molar-refractivity contribution in [1.82, 2.24) is 5.32 Å². The van der Waals surface area contributed by atoms with Gasteiger partial charge in [-0.25, -0.2) is 0 Å². The fraction of sp³-hybridized carbons (Fsp3) is 0.500. The van der Waals surface area contributed by atoms with Gasteiger partial charge in [-0.2, -0.15) is 0 Å². The maximum absolute atomic E-state index is 5.84. The normalized spacial score (nSPS) is 11.8. The molecule has 2 nitrogen and oxygen atoms in total. The van der Waals surface area contributed by atoms with E-state index in [0.29, 0.717) is 17.9 Å². The Morgan fingerprint density at radius 2 is 1.23 bits per heavy atom. The molecule has 2 heteroatoms. The van der Waals surface area contributed by atoms with Crippen LogP contribution in [0.3, 0.4) is 0 Å². The van der Waals surface area contributed by atoms with Crippen LogP contribution in [0.25, 0.3) is 0 Å². The van der Waals surface area contributed by atoms with E-state index in [2.05, 4.69) is 95.4 Å². The molecule has 0 fully saturated rings. The van der Waals surface area contributed by atoms with E-state index in [1.807, 2.05) is 12.1 Å². The summed E-state index contributed by atoms with van der Waals surface area (Å²) in [7, 11) is 0. The van der Waals surface area contributed by atoms with Gasteiger partial charge in [-0.1, -0.05) is 88.4 Å². The SMILES string of the molecule is CCNC(C)(C)CC(C)(C)C.NCC(c1ccccc1)c1ccccc1. The van der Waals surface area contributed by atoms with Gasteiger partial charge in [-0.05, 0) is 43.4 Å². The first kappa shape index (κ1) is 22.4. The molecule has 3 N–H and O–H groups in total. The molecule has 2 aromatic rings. The predicted octanol–water partition coefficient (Wildman–Crippen LogP) is 5.59. The topological polar surface area (TPSA) is 38.0 Å². The average molecular weight is 355 g/mol. The fourth-order valence-corrected chi connectivity index (χ4v) is 3.70. The highest BCUT2D eigenvalue weighted by Crippen LogP contribution is 2.26. The Morgan fingerprint density at radius 3 is 1.54 bits per heavy atom. The van der Waals surface area contributed by atoms with Gasteiger partial charge in [-0.15, -0.1) is 0 Å². The summed E-state index contributed by atoms with van der Waals surface area (Å²) < 4.78 is 0. The van der Waals surface area contributed by atoms with Gasteiger partial charge in [-0.3, -0.25) is 0 Å². The molecule has 144 valence electrons. The van der Waals surface area contributed by atoms with E-state index in [-0.39, 0.29) is 5.54 Å². The fourth-order valence-electron chi connectivity index (χ4n) is 3.70. The van der Waals surface area contributed by atoms with E-state index >= 15 is 0 Å². The van der Waals surface area contributed by atoms with Gasteiger partial charge in [0.2, 0.25) is 0 Å². The number of hydrogen-bond acceptors (Lipinski definition) is 2. The van der Waals surface area contributed by atoms with Gasteiger partial charge < -0.3 is 11.1 Å². The van der Waals surface area contributed by atoms with Crippen LogP contribution in [0, 0.1) is 5.41 Å². The minimum Gasteiger partial charge on any atom is -0.330 e. The summed E-state index contributed by atoms with van der Waals surface area (Å²) in [6, 6.07) is 20.8. The predicted molar refractivity (Wildman–Crippen MR) is 116 cm³/mol. The average Bonchev–Trinajstić information content (AvgIpc) is 2.56. The first-order chi connectivity index (χ1) is 12.2. The van der Waals surface area contributed by atoms with Crippen molar-refractivity contribution in [2.45, 2.75) is 59.4 Å². The number of benzene rings is 2. The minimum absolute atomic E-state index is 0.285. The third-order valence-corrected chi connectivity index (χ3v) is 4.27. The lowest BCUT2D eigenvalue weighted by Gasteiger charge is -2.33. The Balaban J connectivity index is 0.000000276. The van der Waals surface area contributed by atoms with Gasteiger partial charge in [0.1, 0.15) is 0 Å². The van der Waals surface area contributed by atoms with Gasteiger partial charge in [0.15, 0.2) is 0 Å². The Kier molecular flexibility index (Phi) is 9.04. The summed E-state index contributed by atoms with van der Waals surface area (Å²) in [6.45, 7) is 15.2. The summed E-state index contributed by atoms with van der Waals surface area (Å²) in [4.78, 5) is 0. The lowest BCUT2D eigenvalue weighted by molar-refractivity contribution is 0.246. The maximum Gasteiger partial charge on any atom is 0.0212 e. The first-order valence-corrected chi connectivity index (χ1v) is 9.73. The van der Waals surface area contributed by atoms with Crippen LogP contribution < -0.4 is 11.1 Å². The quantitative estimate of drug-likeness (QED) is 0.710. The maximum atomic E-state index is 5.84. The number of rotatable bonds is 6. The first-order valence-electron chi connectivity index (χ1n) is 9.73. The summed E-state index contributed by atoms with van der Waals surface area (Å²) >= 11 is 0. The highest BCUT2D eigenvalue weighted by atomic mass is 14.9. The molecule has 0 aromatic heterocycles. The lowest BCUT2D eigenvalue weighted by atomic mass is 9.82. The van der Waals surface area contributed by atoms with Gasteiger partial charge in [0, 0.05) is 18.0 Å². The van der Waals surface area contributed by atoms with Gasteiger partial charge in [0.25, 0.3) is 0 Å². The molecular weight excluding hydrogens is 316 g/mol. The lowest BCUT2D eigenvalue weighted by Crippen LogP contribution is -2.42. The van der Waals surface area contributed by atoms with Crippen LogP contribution in [0.15, 0.2) is 60.7 Å². The Hall–Kier alpha value is -1.64. The Bertz CT molecular complexity index is 558. The standard InChI is InChI=1S/C14H15N.C10H23N/c15-11-14(12-7-3-1-4-8-12)13-9-5-2-6-10-13;1-7-11-10(5,6)8-9(2,3)4/h1-10,14H,11,15H2;11H,7-8H2,1-6H3. The van der Waals surface area contributed by atoms with E-state index in [1.165, 1.54) is 17.5 Å². The van der Waals surface area contributed by atoms with Crippen molar-refractivity contribution >= 4 is 0 Å². The summed E-state index contributed by atoms with van der Waals surface area (Å²) in [5, 5.41) is 3.48. The van der Waals surface area contributed by atoms with Crippen LogP contribution in [-0.4, -0.2) is 18.6 Å². The van der Waals surface area contributed by atoms with Crippen LogP contribution in [0.2, 0.25) is 0 Å². The molecule has 0 unspecified atom stereocenters. The van der Waals surface area contributed by atoms with Crippen molar-refractivity contribution in [3.05, 3.63) is 71.8 Å². The van der Waals surface area contributed by atoms with Crippen molar-refractivity contribution in [3.63, 3.8) is 0 Å². The molecule has 0 bridgehead atoms. The van der Waals surface area contributed by atoms with Crippen molar-refractivity contribution < 1.29 is 0 Å². The van der Waals surface area contributed by atoms with Crippen LogP contribution in [-0.2, 0) is 0 Å². The zero-order chi connectivity index (χ0) is 19.6. The molecule has 0 atom stereocenters. The Labute approximate surface area is 161 Å². The molecule has 26 heavy (non-hydrogen) atoms. The molecule has 0 spiro atoms. The van der Waals surface area contributed by atoms with Crippen molar-refractivity contribution in [3.8, 4) is 0 Å². The van der Waals surface area contributed by atoms with E-state index in [4.69, 9.17) is 5.73 Å². The second-order valence-corrected chi connectivity index (χ2v) is 8.76. The Morgan fingerprint density at radius 1 is 0.808 bits per heavy atom. The largest absolute Gasteiger partial charge is 0.330 e. The van der Waals surface area contributed by atoms with E-state index in [1.54, 1.807) is 0 Å². The molecule has 0 aliphatic heterocycles.